The summed E-state index contributed by atoms with van der Waals surface area (Å²) in [5.74, 6) is 0.312. The molecule has 1 aromatic rings. The summed E-state index contributed by atoms with van der Waals surface area (Å²) in [6, 6.07) is 7.98. The van der Waals surface area contributed by atoms with Crippen LogP contribution in [0.5, 0.6) is 0 Å². The van der Waals surface area contributed by atoms with Crippen LogP contribution in [-0.4, -0.2) is 12.3 Å². The van der Waals surface area contributed by atoms with Crippen molar-refractivity contribution in [1.82, 2.24) is 0 Å². The van der Waals surface area contributed by atoms with E-state index in [0.717, 1.165) is 24.0 Å². The Hall–Kier alpha value is -1.80. The van der Waals surface area contributed by atoms with Gasteiger partial charge in [-0.05, 0) is 29.5 Å². The summed E-state index contributed by atoms with van der Waals surface area (Å²) in [5, 5.41) is 3.48. The summed E-state index contributed by atoms with van der Waals surface area (Å²) in [5.41, 5.74) is 10.5. The van der Waals surface area contributed by atoms with E-state index in [0.29, 0.717) is 18.7 Å². The second-order valence-electron chi connectivity index (χ2n) is 3.99. The molecule has 0 heterocycles. The molecule has 1 aromatic carbocycles. The van der Waals surface area contributed by atoms with Gasteiger partial charge in [0.25, 0.3) is 0 Å². The van der Waals surface area contributed by atoms with Gasteiger partial charge in [-0.25, -0.2) is 0 Å². The summed E-state index contributed by atoms with van der Waals surface area (Å²) in [6.07, 6.45) is 2.12. The van der Waals surface area contributed by atoms with E-state index in [4.69, 9.17) is 5.53 Å². The third-order valence-corrected chi connectivity index (χ3v) is 3.00. The van der Waals surface area contributed by atoms with E-state index in [1.165, 1.54) is 0 Å². The molecule has 1 unspecified atom stereocenters. The van der Waals surface area contributed by atoms with Gasteiger partial charge in [-0.2, -0.15) is 0 Å². The van der Waals surface area contributed by atoms with Crippen molar-refractivity contribution in [2.45, 2.75) is 25.2 Å². The molecule has 16 heavy (non-hydrogen) atoms. The van der Waals surface area contributed by atoms with Gasteiger partial charge >= 0.3 is 0 Å². The zero-order valence-electron chi connectivity index (χ0n) is 8.97. The van der Waals surface area contributed by atoms with Crippen LogP contribution in [0.25, 0.3) is 10.4 Å². The highest BCUT2D eigenvalue weighted by atomic mass is 16.1. The molecule has 0 radical (unpaired) electrons. The molecule has 0 spiro atoms. The maximum absolute atomic E-state index is 11.8. The van der Waals surface area contributed by atoms with Gasteiger partial charge in [-0.15, -0.1) is 0 Å². The molecule has 0 saturated carbocycles. The average Bonchev–Trinajstić information content (AvgIpc) is 2.61. The quantitative estimate of drug-likeness (QED) is 0.329. The average molecular weight is 215 g/mol. The number of azide groups is 1. The Morgan fingerprint density at radius 3 is 3.06 bits per heavy atom. The lowest BCUT2D eigenvalue weighted by molar-refractivity contribution is -0.119. The molecular formula is C12H13N3O. The van der Waals surface area contributed by atoms with Crippen molar-refractivity contribution in [3.63, 3.8) is 0 Å². The van der Waals surface area contributed by atoms with E-state index in [9.17, 15) is 4.79 Å². The van der Waals surface area contributed by atoms with Gasteiger partial charge < -0.3 is 0 Å². The number of hydrogen-bond donors (Lipinski definition) is 0. The van der Waals surface area contributed by atoms with Crippen LogP contribution in [0.2, 0.25) is 0 Å². The number of ketones is 1. The predicted molar refractivity (Wildman–Crippen MR) is 61.1 cm³/mol. The molecule has 4 nitrogen and oxygen atoms in total. The molecule has 1 aliphatic carbocycles. The van der Waals surface area contributed by atoms with Crippen molar-refractivity contribution in [2.24, 2.45) is 5.11 Å². The van der Waals surface area contributed by atoms with Crippen molar-refractivity contribution in [1.29, 1.82) is 0 Å². The Balaban J connectivity index is 2.04. The summed E-state index contributed by atoms with van der Waals surface area (Å²) in [7, 11) is 0. The van der Waals surface area contributed by atoms with E-state index in [2.05, 4.69) is 10.0 Å². The van der Waals surface area contributed by atoms with Crippen LogP contribution in [0.15, 0.2) is 29.4 Å². The van der Waals surface area contributed by atoms with Gasteiger partial charge in [0.1, 0.15) is 5.78 Å². The van der Waals surface area contributed by atoms with E-state index < -0.39 is 0 Å². The number of nitrogens with zero attached hydrogens (tertiary/aromatic N) is 3. The molecule has 0 amide bonds. The van der Waals surface area contributed by atoms with Gasteiger partial charge in [0.15, 0.2) is 0 Å². The monoisotopic (exact) mass is 215 g/mol. The topological polar surface area (TPSA) is 65.8 Å². The number of benzene rings is 1. The third kappa shape index (κ3) is 2.07. The van der Waals surface area contributed by atoms with Crippen molar-refractivity contribution >= 4 is 5.78 Å². The smallest absolute Gasteiger partial charge is 0.144 e. The van der Waals surface area contributed by atoms with Crippen molar-refractivity contribution < 1.29 is 4.79 Å². The third-order valence-electron chi connectivity index (χ3n) is 3.00. The number of fused-ring (bicyclic) bond motifs is 1. The first-order valence-electron chi connectivity index (χ1n) is 5.44. The second kappa shape index (κ2) is 4.81. The van der Waals surface area contributed by atoms with Gasteiger partial charge in [-0.1, -0.05) is 29.4 Å². The number of carbonyl (C=O) groups excluding carboxylic acids is 1. The van der Waals surface area contributed by atoms with Crippen LogP contribution >= 0.6 is 0 Å². The maximum Gasteiger partial charge on any atom is 0.144 e. The normalized spacial score (nSPS) is 18.0. The molecule has 2 rings (SSSR count). The Bertz CT molecular complexity index is 449. The molecule has 0 saturated heterocycles. The number of hydrogen-bond acceptors (Lipinski definition) is 2. The molecule has 4 heteroatoms. The first-order valence-corrected chi connectivity index (χ1v) is 5.44. The number of rotatable bonds is 4. The fourth-order valence-corrected chi connectivity index (χ4v) is 2.25. The molecule has 82 valence electrons. The van der Waals surface area contributed by atoms with Crippen LogP contribution < -0.4 is 0 Å². The molecule has 0 bridgehead atoms. The van der Waals surface area contributed by atoms with Crippen LogP contribution in [0.3, 0.4) is 0 Å². The highest BCUT2D eigenvalue weighted by Crippen LogP contribution is 2.33. The van der Waals surface area contributed by atoms with Crippen molar-refractivity contribution in [2.75, 3.05) is 6.54 Å². The largest absolute Gasteiger partial charge is 0.299 e. The molecule has 1 aliphatic rings. The van der Waals surface area contributed by atoms with Crippen molar-refractivity contribution in [3.05, 3.63) is 45.8 Å². The Morgan fingerprint density at radius 1 is 1.44 bits per heavy atom. The van der Waals surface area contributed by atoms with E-state index in [1.54, 1.807) is 0 Å². The highest BCUT2D eigenvalue weighted by molar-refractivity contribution is 5.92. The minimum absolute atomic E-state index is 0.0186. The maximum atomic E-state index is 11.8. The number of Topliss-reactive ketones (excluding diaryl/α,β-unsaturated/α-hetero) is 1. The van der Waals surface area contributed by atoms with Crippen molar-refractivity contribution in [3.8, 4) is 0 Å². The van der Waals surface area contributed by atoms with Crippen LogP contribution in [0, 0.1) is 0 Å². The molecule has 0 N–H and O–H groups in total. The summed E-state index contributed by atoms with van der Waals surface area (Å²) < 4.78 is 0. The summed E-state index contributed by atoms with van der Waals surface area (Å²) in [4.78, 5) is 14.5. The fourth-order valence-electron chi connectivity index (χ4n) is 2.25. The van der Waals surface area contributed by atoms with E-state index in [-0.39, 0.29) is 5.92 Å². The van der Waals surface area contributed by atoms with Crippen LogP contribution in [0.1, 0.15) is 29.9 Å². The van der Waals surface area contributed by atoms with Gasteiger partial charge in [-0.3, -0.25) is 4.79 Å². The first-order chi connectivity index (χ1) is 7.83. The van der Waals surface area contributed by atoms with E-state index in [1.807, 2.05) is 24.3 Å². The molecule has 0 aromatic heterocycles. The Morgan fingerprint density at radius 2 is 2.25 bits per heavy atom. The zero-order chi connectivity index (χ0) is 11.4. The SMILES string of the molecule is [N-]=[N+]=NCCCC1C(=O)Cc2ccccc21. The lowest BCUT2D eigenvalue weighted by Crippen LogP contribution is -2.06. The van der Waals surface area contributed by atoms with Gasteiger partial charge in [0.05, 0.1) is 0 Å². The second-order valence-corrected chi connectivity index (χ2v) is 3.99. The number of carbonyl (C=O) groups is 1. The summed E-state index contributed by atoms with van der Waals surface area (Å²) in [6.45, 7) is 0.475. The minimum Gasteiger partial charge on any atom is -0.299 e. The minimum atomic E-state index is 0.0186. The lowest BCUT2D eigenvalue weighted by Gasteiger charge is -2.08. The van der Waals surface area contributed by atoms with Gasteiger partial charge in [0.2, 0.25) is 0 Å². The standard InChI is InChI=1S/C12H13N3O/c13-15-14-7-3-6-11-10-5-2-1-4-9(10)8-12(11)16/h1-2,4-5,11H,3,6-8H2. The van der Waals surface area contributed by atoms with Crippen LogP contribution in [0.4, 0.5) is 0 Å². The lowest BCUT2D eigenvalue weighted by atomic mass is 9.96. The Labute approximate surface area is 93.9 Å². The Kier molecular flexibility index (Phi) is 3.22. The van der Waals surface area contributed by atoms with E-state index >= 15 is 0 Å². The van der Waals surface area contributed by atoms with Crippen LogP contribution in [-0.2, 0) is 11.2 Å². The zero-order valence-corrected chi connectivity index (χ0v) is 8.97. The first kappa shape index (κ1) is 10.7. The molecule has 0 aliphatic heterocycles. The predicted octanol–water partition coefficient (Wildman–Crippen LogP) is 2.99. The summed E-state index contributed by atoms with van der Waals surface area (Å²) >= 11 is 0. The molecule has 0 fully saturated rings. The van der Waals surface area contributed by atoms with Gasteiger partial charge in [0, 0.05) is 23.8 Å². The highest BCUT2D eigenvalue weighted by Gasteiger charge is 2.29. The molecule has 1 atom stereocenters. The fraction of sp³-hybridized carbons (Fsp3) is 0.417. The molecular weight excluding hydrogens is 202 g/mol.